The molecule has 0 bridgehead atoms. The molecule has 6 heteroatoms. The minimum atomic E-state index is -0.0484. The van der Waals surface area contributed by atoms with E-state index in [4.69, 9.17) is 9.51 Å². The Labute approximate surface area is 167 Å². The lowest BCUT2D eigenvalue weighted by molar-refractivity contribution is 0.392. The second-order valence-corrected chi connectivity index (χ2v) is 7.57. The number of aryl methyl sites for hydroxylation is 3. The van der Waals surface area contributed by atoms with Gasteiger partial charge in [0.05, 0.1) is 22.3 Å². The summed E-state index contributed by atoms with van der Waals surface area (Å²) in [6.45, 7) is 5.93. The molecule has 0 unspecified atom stereocenters. The van der Waals surface area contributed by atoms with E-state index in [0.717, 1.165) is 34.7 Å². The van der Waals surface area contributed by atoms with Gasteiger partial charge in [0.1, 0.15) is 5.76 Å². The number of nitrogens with zero attached hydrogens (tertiary/aromatic N) is 3. The average molecular weight is 391 g/mol. The molecule has 4 rings (SSSR count). The predicted molar refractivity (Wildman–Crippen MR) is 112 cm³/mol. The van der Waals surface area contributed by atoms with E-state index in [1.54, 1.807) is 4.57 Å². The highest BCUT2D eigenvalue weighted by molar-refractivity contribution is 7.98. The number of benzene rings is 2. The van der Waals surface area contributed by atoms with Gasteiger partial charge < -0.3 is 4.52 Å². The summed E-state index contributed by atoms with van der Waals surface area (Å²) in [6, 6.07) is 15.5. The Bertz CT molecular complexity index is 1190. The highest BCUT2D eigenvalue weighted by atomic mass is 32.2. The summed E-state index contributed by atoms with van der Waals surface area (Å²) in [4.78, 5) is 18.2. The van der Waals surface area contributed by atoms with Crippen LogP contribution in [0.2, 0.25) is 0 Å². The van der Waals surface area contributed by atoms with Crippen LogP contribution in [0.25, 0.3) is 16.6 Å². The Morgan fingerprint density at radius 1 is 1.07 bits per heavy atom. The minimum absolute atomic E-state index is 0.0484. The number of fused-ring (bicyclic) bond motifs is 1. The fourth-order valence-corrected chi connectivity index (χ4v) is 4.45. The van der Waals surface area contributed by atoms with E-state index in [0.29, 0.717) is 21.8 Å². The molecule has 0 radical (unpaired) electrons. The van der Waals surface area contributed by atoms with Crippen molar-refractivity contribution in [1.29, 1.82) is 0 Å². The molecular weight excluding hydrogens is 370 g/mol. The van der Waals surface area contributed by atoms with Gasteiger partial charge in [-0.2, -0.15) is 0 Å². The zero-order chi connectivity index (χ0) is 19.7. The molecule has 2 aromatic heterocycles. The Morgan fingerprint density at radius 2 is 1.82 bits per heavy atom. The third kappa shape index (κ3) is 3.24. The van der Waals surface area contributed by atoms with Gasteiger partial charge in [-0.05, 0) is 44.0 Å². The quantitative estimate of drug-likeness (QED) is 0.360. The van der Waals surface area contributed by atoms with Crippen molar-refractivity contribution in [2.75, 3.05) is 0 Å². The standard InChI is InChI=1S/C22H21N3O2S/c1-4-16-9-5-8-12-20(16)25-21(26)17-10-6-7-11-19(17)23-22(25)28-13-18-14(2)24-27-15(18)3/h5-12H,4,13H2,1-3H3. The fourth-order valence-electron chi connectivity index (χ4n) is 3.29. The second kappa shape index (κ2) is 7.64. The topological polar surface area (TPSA) is 60.9 Å². The molecule has 0 aliphatic heterocycles. The van der Waals surface area contributed by atoms with Gasteiger partial charge in [0, 0.05) is 11.3 Å². The monoisotopic (exact) mass is 391 g/mol. The molecule has 2 heterocycles. The number of hydrogen-bond acceptors (Lipinski definition) is 5. The molecule has 0 amide bonds. The number of hydrogen-bond donors (Lipinski definition) is 0. The van der Waals surface area contributed by atoms with Crippen LogP contribution in [0.15, 0.2) is 63.0 Å². The molecule has 5 nitrogen and oxygen atoms in total. The lowest BCUT2D eigenvalue weighted by atomic mass is 10.1. The second-order valence-electron chi connectivity index (χ2n) is 6.63. The zero-order valence-corrected chi connectivity index (χ0v) is 16.9. The van der Waals surface area contributed by atoms with Gasteiger partial charge in [-0.3, -0.25) is 9.36 Å². The van der Waals surface area contributed by atoms with Gasteiger partial charge in [0.25, 0.3) is 5.56 Å². The zero-order valence-electron chi connectivity index (χ0n) is 16.1. The summed E-state index contributed by atoms with van der Waals surface area (Å²) >= 11 is 1.53. The maximum absolute atomic E-state index is 13.4. The van der Waals surface area contributed by atoms with Crippen LogP contribution in [0.3, 0.4) is 0 Å². The van der Waals surface area contributed by atoms with E-state index < -0.39 is 0 Å². The smallest absolute Gasteiger partial charge is 0.266 e. The van der Waals surface area contributed by atoms with Gasteiger partial charge >= 0.3 is 0 Å². The van der Waals surface area contributed by atoms with E-state index in [2.05, 4.69) is 18.1 Å². The van der Waals surface area contributed by atoms with Crippen molar-refractivity contribution in [3.8, 4) is 5.69 Å². The maximum Gasteiger partial charge on any atom is 0.266 e. The number of rotatable bonds is 5. The third-order valence-corrected chi connectivity index (χ3v) is 5.85. The lowest BCUT2D eigenvalue weighted by Crippen LogP contribution is -2.22. The number of thioether (sulfide) groups is 1. The van der Waals surface area contributed by atoms with Crippen LogP contribution >= 0.6 is 11.8 Å². The molecule has 0 N–H and O–H groups in total. The fraction of sp³-hybridized carbons (Fsp3) is 0.227. The van der Waals surface area contributed by atoms with E-state index in [-0.39, 0.29) is 5.56 Å². The highest BCUT2D eigenvalue weighted by Crippen LogP contribution is 2.28. The first kappa shape index (κ1) is 18.5. The van der Waals surface area contributed by atoms with Crippen molar-refractivity contribution < 1.29 is 4.52 Å². The number of para-hydroxylation sites is 2. The molecule has 0 saturated heterocycles. The van der Waals surface area contributed by atoms with Crippen molar-refractivity contribution in [2.24, 2.45) is 0 Å². The van der Waals surface area contributed by atoms with Crippen molar-refractivity contribution in [2.45, 2.75) is 38.1 Å². The molecule has 0 aliphatic rings. The molecule has 142 valence electrons. The highest BCUT2D eigenvalue weighted by Gasteiger charge is 2.17. The normalized spacial score (nSPS) is 11.2. The van der Waals surface area contributed by atoms with E-state index >= 15 is 0 Å². The Kier molecular flexibility index (Phi) is 5.05. The SMILES string of the molecule is CCc1ccccc1-n1c(SCc2c(C)noc2C)nc2ccccc2c1=O. The van der Waals surface area contributed by atoms with Crippen LogP contribution < -0.4 is 5.56 Å². The van der Waals surface area contributed by atoms with Gasteiger partial charge in [-0.15, -0.1) is 0 Å². The Hall–Kier alpha value is -2.86. The minimum Gasteiger partial charge on any atom is -0.361 e. The molecule has 0 spiro atoms. The van der Waals surface area contributed by atoms with Crippen LogP contribution in [0.1, 0.15) is 29.5 Å². The first-order valence-electron chi connectivity index (χ1n) is 9.24. The van der Waals surface area contributed by atoms with Crippen LogP contribution in [0, 0.1) is 13.8 Å². The van der Waals surface area contributed by atoms with Gasteiger partial charge in [0.2, 0.25) is 0 Å². The van der Waals surface area contributed by atoms with E-state index in [1.165, 1.54) is 11.8 Å². The largest absolute Gasteiger partial charge is 0.361 e. The average Bonchev–Trinajstić information content (AvgIpc) is 3.04. The Balaban J connectivity index is 1.90. The first-order chi connectivity index (χ1) is 13.6. The summed E-state index contributed by atoms with van der Waals surface area (Å²) in [7, 11) is 0. The molecule has 0 aliphatic carbocycles. The predicted octanol–water partition coefficient (Wildman–Crippen LogP) is 4.85. The molecule has 2 aromatic carbocycles. The van der Waals surface area contributed by atoms with E-state index in [1.807, 2.05) is 56.3 Å². The summed E-state index contributed by atoms with van der Waals surface area (Å²) in [6.07, 6.45) is 0.837. The summed E-state index contributed by atoms with van der Waals surface area (Å²) in [5, 5.41) is 5.32. The summed E-state index contributed by atoms with van der Waals surface area (Å²) in [5.74, 6) is 1.44. The van der Waals surface area contributed by atoms with Crippen molar-refractivity contribution in [1.82, 2.24) is 14.7 Å². The molecular formula is C22H21N3O2S. The first-order valence-corrected chi connectivity index (χ1v) is 10.2. The molecule has 0 fully saturated rings. The van der Waals surface area contributed by atoms with Gasteiger partial charge in [0.15, 0.2) is 5.16 Å². The van der Waals surface area contributed by atoms with Gasteiger partial charge in [-0.1, -0.05) is 54.2 Å². The summed E-state index contributed by atoms with van der Waals surface area (Å²) < 4.78 is 7.02. The van der Waals surface area contributed by atoms with Gasteiger partial charge in [-0.25, -0.2) is 4.98 Å². The van der Waals surface area contributed by atoms with Crippen molar-refractivity contribution >= 4 is 22.7 Å². The molecule has 28 heavy (non-hydrogen) atoms. The maximum atomic E-state index is 13.4. The molecule has 0 saturated carbocycles. The van der Waals surface area contributed by atoms with Crippen molar-refractivity contribution in [3.63, 3.8) is 0 Å². The molecule has 0 atom stereocenters. The van der Waals surface area contributed by atoms with Crippen LogP contribution in [-0.2, 0) is 12.2 Å². The summed E-state index contributed by atoms with van der Waals surface area (Å²) in [5.41, 5.74) is 4.57. The third-order valence-electron chi connectivity index (χ3n) is 4.89. The molecule has 4 aromatic rings. The van der Waals surface area contributed by atoms with Crippen molar-refractivity contribution in [3.05, 3.63) is 81.5 Å². The van der Waals surface area contributed by atoms with Crippen LogP contribution in [0.5, 0.6) is 0 Å². The van der Waals surface area contributed by atoms with E-state index in [9.17, 15) is 4.79 Å². The number of aromatic nitrogens is 3. The Morgan fingerprint density at radius 3 is 2.57 bits per heavy atom. The lowest BCUT2D eigenvalue weighted by Gasteiger charge is -2.16. The van der Waals surface area contributed by atoms with Crippen LogP contribution in [-0.4, -0.2) is 14.7 Å². The van der Waals surface area contributed by atoms with Crippen LogP contribution in [0.4, 0.5) is 0 Å².